The van der Waals surface area contributed by atoms with Crippen molar-refractivity contribution in [1.29, 1.82) is 0 Å². The molecular weight excluding hydrogens is 260 g/mol. The molecule has 0 bridgehead atoms. The molecule has 0 saturated heterocycles. The number of hydrogen-bond acceptors (Lipinski definition) is 5. The van der Waals surface area contributed by atoms with Gasteiger partial charge in [0.2, 0.25) is 0 Å². The predicted octanol–water partition coefficient (Wildman–Crippen LogP) is 2.31. The first-order valence-electron chi connectivity index (χ1n) is 6.28. The van der Waals surface area contributed by atoms with Crippen LogP contribution in [0.15, 0.2) is 22.7 Å². The average Bonchev–Trinajstić information content (AvgIpc) is 2.83. The predicted molar refractivity (Wildman–Crippen MR) is 71.4 cm³/mol. The van der Waals surface area contributed by atoms with Gasteiger partial charge in [0.15, 0.2) is 17.3 Å². The van der Waals surface area contributed by atoms with Gasteiger partial charge in [0.25, 0.3) is 5.91 Å². The van der Waals surface area contributed by atoms with Crippen LogP contribution in [-0.4, -0.2) is 24.3 Å². The highest BCUT2D eigenvalue weighted by Gasteiger charge is 2.18. The summed E-state index contributed by atoms with van der Waals surface area (Å²) in [5.41, 5.74) is 1.34. The zero-order valence-corrected chi connectivity index (χ0v) is 11.2. The van der Waals surface area contributed by atoms with Crippen LogP contribution in [0.25, 0.3) is 0 Å². The fourth-order valence-corrected chi connectivity index (χ4v) is 2.04. The van der Waals surface area contributed by atoms with E-state index in [-0.39, 0.29) is 5.91 Å². The molecule has 0 radical (unpaired) electrons. The Morgan fingerprint density at radius 3 is 2.50 bits per heavy atom. The van der Waals surface area contributed by atoms with Crippen LogP contribution in [0.5, 0.6) is 11.5 Å². The van der Waals surface area contributed by atoms with E-state index in [1.807, 2.05) is 6.92 Å². The number of ether oxygens (including phenoxy) is 2. The van der Waals surface area contributed by atoms with Crippen LogP contribution < -0.4 is 14.8 Å². The second kappa shape index (κ2) is 4.88. The molecule has 0 saturated carbocycles. The molecule has 1 aromatic carbocycles. The average molecular weight is 274 g/mol. The topological polar surface area (TPSA) is 73.6 Å². The minimum Gasteiger partial charge on any atom is -0.486 e. The molecule has 2 aromatic rings. The Kier molecular flexibility index (Phi) is 3.06. The van der Waals surface area contributed by atoms with Crippen molar-refractivity contribution >= 4 is 11.7 Å². The molecule has 104 valence electrons. The standard InChI is InChI=1S/C14H14N2O4/c1-8-5-11-12(19-4-3-18-11)7-10(8)14(17)15-13-6-9(2)20-16-13/h5-7H,3-4H2,1-2H3,(H,15,16,17). The third kappa shape index (κ3) is 2.32. The summed E-state index contributed by atoms with van der Waals surface area (Å²) in [5, 5.41) is 6.42. The van der Waals surface area contributed by atoms with Gasteiger partial charge in [-0.25, -0.2) is 0 Å². The van der Waals surface area contributed by atoms with Gasteiger partial charge in [-0.1, -0.05) is 5.16 Å². The van der Waals surface area contributed by atoms with Gasteiger partial charge in [-0.3, -0.25) is 4.79 Å². The first-order chi connectivity index (χ1) is 9.63. The van der Waals surface area contributed by atoms with Crippen molar-refractivity contribution in [1.82, 2.24) is 5.16 Å². The molecule has 0 atom stereocenters. The molecule has 1 aliphatic heterocycles. The molecule has 0 aliphatic carbocycles. The Labute approximate surface area is 115 Å². The Hall–Kier alpha value is -2.50. The van der Waals surface area contributed by atoms with E-state index in [2.05, 4.69) is 10.5 Å². The number of aryl methyl sites for hydroxylation is 2. The molecule has 0 unspecified atom stereocenters. The summed E-state index contributed by atoms with van der Waals surface area (Å²) in [7, 11) is 0. The number of benzene rings is 1. The molecular formula is C14H14N2O4. The summed E-state index contributed by atoms with van der Waals surface area (Å²) in [6.45, 7) is 4.62. The number of anilines is 1. The minimum atomic E-state index is -0.257. The van der Waals surface area contributed by atoms with Gasteiger partial charge in [0.1, 0.15) is 19.0 Å². The van der Waals surface area contributed by atoms with Gasteiger partial charge in [0, 0.05) is 11.6 Å². The monoisotopic (exact) mass is 274 g/mol. The third-order valence-electron chi connectivity index (χ3n) is 3.00. The third-order valence-corrected chi connectivity index (χ3v) is 3.00. The van der Waals surface area contributed by atoms with E-state index < -0.39 is 0 Å². The summed E-state index contributed by atoms with van der Waals surface area (Å²) >= 11 is 0. The number of carbonyl (C=O) groups excluding carboxylic acids is 1. The van der Waals surface area contributed by atoms with Gasteiger partial charge in [0.05, 0.1) is 0 Å². The first-order valence-corrected chi connectivity index (χ1v) is 6.28. The van der Waals surface area contributed by atoms with Crippen molar-refractivity contribution in [2.45, 2.75) is 13.8 Å². The minimum absolute atomic E-state index is 0.257. The van der Waals surface area contributed by atoms with Gasteiger partial charge in [-0.2, -0.15) is 0 Å². The Morgan fingerprint density at radius 2 is 1.85 bits per heavy atom. The number of hydrogen-bond donors (Lipinski definition) is 1. The van der Waals surface area contributed by atoms with E-state index >= 15 is 0 Å². The molecule has 20 heavy (non-hydrogen) atoms. The zero-order valence-electron chi connectivity index (χ0n) is 11.2. The largest absolute Gasteiger partial charge is 0.486 e. The van der Waals surface area contributed by atoms with E-state index in [4.69, 9.17) is 14.0 Å². The number of fused-ring (bicyclic) bond motifs is 1. The molecule has 3 rings (SSSR count). The molecule has 0 spiro atoms. The number of nitrogens with one attached hydrogen (secondary N) is 1. The maximum Gasteiger partial charge on any atom is 0.257 e. The second-order valence-electron chi connectivity index (χ2n) is 4.59. The van der Waals surface area contributed by atoms with E-state index in [1.54, 1.807) is 25.1 Å². The normalized spacial score (nSPS) is 13.1. The summed E-state index contributed by atoms with van der Waals surface area (Å²) in [5.74, 6) is 2.03. The van der Waals surface area contributed by atoms with Crippen LogP contribution in [0.3, 0.4) is 0 Å². The fraction of sp³-hybridized carbons (Fsp3) is 0.286. The number of carbonyl (C=O) groups is 1. The number of nitrogens with zero attached hydrogens (tertiary/aromatic N) is 1. The molecule has 1 aliphatic rings. The lowest BCUT2D eigenvalue weighted by molar-refractivity contribution is 0.102. The van der Waals surface area contributed by atoms with Gasteiger partial charge in [-0.15, -0.1) is 0 Å². The van der Waals surface area contributed by atoms with Crippen LogP contribution in [-0.2, 0) is 0 Å². The lowest BCUT2D eigenvalue weighted by Crippen LogP contribution is -2.18. The van der Waals surface area contributed by atoms with Crippen molar-refractivity contribution in [2.24, 2.45) is 0 Å². The Bertz CT molecular complexity index is 663. The molecule has 6 heteroatoms. The Morgan fingerprint density at radius 1 is 1.15 bits per heavy atom. The van der Waals surface area contributed by atoms with Crippen molar-refractivity contribution in [3.63, 3.8) is 0 Å². The fourth-order valence-electron chi connectivity index (χ4n) is 2.04. The van der Waals surface area contributed by atoms with Crippen LogP contribution in [0, 0.1) is 13.8 Å². The van der Waals surface area contributed by atoms with E-state index in [0.717, 1.165) is 5.56 Å². The van der Waals surface area contributed by atoms with Crippen LogP contribution >= 0.6 is 0 Å². The lowest BCUT2D eigenvalue weighted by atomic mass is 10.1. The molecule has 1 amide bonds. The SMILES string of the molecule is Cc1cc(NC(=O)c2cc3c(cc2C)OCCO3)no1. The summed E-state index contributed by atoms with van der Waals surface area (Å²) in [6, 6.07) is 5.15. The molecule has 2 heterocycles. The van der Waals surface area contributed by atoms with Gasteiger partial charge < -0.3 is 19.3 Å². The highest BCUT2D eigenvalue weighted by atomic mass is 16.6. The van der Waals surface area contributed by atoms with Crippen molar-refractivity contribution in [3.8, 4) is 11.5 Å². The number of amides is 1. The van der Waals surface area contributed by atoms with E-state index in [1.165, 1.54) is 0 Å². The first kappa shape index (κ1) is 12.5. The molecule has 1 aromatic heterocycles. The van der Waals surface area contributed by atoms with Crippen molar-refractivity contribution < 1.29 is 18.8 Å². The van der Waals surface area contributed by atoms with Gasteiger partial charge in [-0.05, 0) is 31.5 Å². The maximum atomic E-state index is 12.2. The molecule has 0 fully saturated rings. The second-order valence-corrected chi connectivity index (χ2v) is 4.59. The number of rotatable bonds is 2. The van der Waals surface area contributed by atoms with Crippen LogP contribution in [0.4, 0.5) is 5.82 Å². The smallest absolute Gasteiger partial charge is 0.257 e. The summed E-state index contributed by atoms with van der Waals surface area (Å²) < 4.78 is 15.9. The van der Waals surface area contributed by atoms with E-state index in [9.17, 15) is 4.79 Å². The molecule has 6 nitrogen and oxygen atoms in total. The number of aromatic nitrogens is 1. The lowest BCUT2D eigenvalue weighted by Gasteiger charge is -2.20. The highest BCUT2D eigenvalue weighted by molar-refractivity contribution is 6.05. The van der Waals surface area contributed by atoms with Crippen LogP contribution in [0.2, 0.25) is 0 Å². The van der Waals surface area contributed by atoms with Crippen molar-refractivity contribution in [3.05, 3.63) is 35.1 Å². The summed E-state index contributed by atoms with van der Waals surface area (Å²) in [6.07, 6.45) is 0. The Balaban J connectivity index is 1.87. The van der Waals surface area contributed by atoms with Crippen molar-refractivity contribution in [2.75, 3.05) is 18.5 Å². The highest BCUT2D eigenvalue weighted by Crippen LogP contribution is 2.33. The van der Waals surface area contributed by atoms with Gasteiger partial charge >= 0.3 is 0 Å². The summed E-state index contributed by atoms with van der Waals surface area (Å²) in [4.78, 5) is 12.2. The van der Waals surface area contributed by atoms with Crippen LogP contribution in [0.1, 0.15) is 21.7 Å². The molecule has 1 N–H and O–H groups in total. The quantitative estimate of drug-likeness (QED) is 0.909. The zero-order chi connectivity index (χ0) is 14.1. The van der Waals surface area contributed by atoms with E-state index in [0.29, 0.717) is 41.9 Å². The maximum absolute atomic E-state index is 12.2.